The lowest BCUT2D eigenvalue weighted by Gasteiger charge is -2.36. The molecule has 1 aromatic carbocycles. The molecule has 0 aliphatic rings. The zero-order valence-corrected chi connectivity index (χ0v) is 15.4. The fourth-order valence-electron chi connectivity index (χ4n) is 1.89. The Kier molecular flexibility index (Phi) is 7.73. The first-order valence-corrected chi connectivity index (χ1v) is 9.07. The minimum atomic E-state index is -6.47. The van der Waals surface area contributed by atoms with Crippen LogP contribution in [-0.2, 0) is 19.6 Å². The Hall–Kier alpha value is -2.52. The van der Waals surface area contributed by atoms with E-state index in [4.69, 9.17) is 4.74 Å². The van der Waals surface area contributed by atoms with Crippen LogP contribution in [0.15, 0.2) is 36.9 Å². The summed E-state index contributed by atoms with van der Waals surface area (Å²) in [7, 11) is -6.13. The van der Waals surface area contributed by atoms with Gasteiger partial charge in [0.25, 0.3) is 0 Å². The molecule has 0 radical (unpaired) electrons. The number of aliphatic hydroxyl groups excluding tert-OH is 1. The molecule has 0 aromatic heterocycles. The maximum Gasteiger partial charge on any atom is 0.438 e. The van der Waals surface area contributed by atoms with Crippen molar-refractivity contribution in [2.75, 3.05) is 12.4 Å². The van der Waals surface area contributed by atoms with Gasteiger partial charge in [-0.3, -0.25) is 0 Å². The second kappa shape index (κ2) is 9.09. The van der Waals surface area contributed by atoms with Crippen LogP contribution < -0.4 is 9.47 Å². The van der Waals surface area contributed by atoms with Crippen molar-refractivity contribution in [1.82, 2.24) is 0 Å². The Morgan fingerprint density at radius 2 is 1.57 bits per heavy atom. The molecule has 1 rings (SSSR count). The van der Waals surface area contributed by atoms with Crippen LogP contribution in [0.4, 0.5) is 26.3 Å². The van der Waals surface area contributed by atoms with E-state index >= 15 is 0 Å². The van der Waals surface area contributed by atoms with E-state index in [0.29, 0.717) is 0 Å². The van der Waals surface area contributed by atoms with E-state index in [9.17, 15) is 49.2 Å². The minimum absolute atomic E-state index is 0.0751. The molecule has 0 aliphatic carbocycles. The molecule has 15 heteroatoms. The Labute approximate surface area is 165 Å². The highest BCUT2D eigenvalue weighted by Gasteiger charge is 2.75. The second-order valence-electron chi connectivity index (χ2n) is 5.50. The van der Waals surface area contributed by atoms with Crippen LogP contribution >= 0.6 is 0 Å². The molecule has 1 atom stereocenters. The second-order valence-corrected chi connectivity index (χ2v) is 6.91. The first kappa shape index (κ1) is 25.5. The number of rotatable bonds is 9. The number of carbonyl (C=O) groups excluding carboxylic acids is 1. The van der Waals surface area contributed by atoms with Gasteiger partial charge in [0.1, 0.15) is 11.5 Å². The molecule has 8 nitrogen and oxygen atoms in total. The number of ether oxygens (including phenoxy) is 3. The first-order chi connectivity index (χ1) is 13.5. The van der Waals surface area contributed by atoms with Crippen LogP contribution in [0.2, 0.25) is 0 Å². The molecule has 1 aromatic rings. The van der Waals surface area contributed by atoms with Crippen molar-refractivity contribution in [3.05, 3.63) is 36.9 Å². The van der Waals surface area contributed by atoms with Gasteiger partial charge in [0, 0.05) is 0 Å². The number of hydrogen-bond donors (Lipinski definition) is 1. The highest BCUT2D eigenvalue weighted by molar-refractivity contribution is 7.85. The largest absolute Gasteiger partial charge is 0.748 e. The molecule has 0 aliphatic heterocycles. The zero-order valence-electron chi connectivity index (χ0n) is 14.6. The van der Waals surface area contributed by atoms with E-state index in [-0.39, 0.29) is 11.5 Å². The van der Waals surface area contributed by atoms with E-state index in [1.54, 1.807) is 0 Å². The maximum atomic E-state index is 13.0. The molecule has 0 heterocycles. The summed E-state index contributed by atoms with van der Waals surface area (Å²) in [5.41, 5.74) is -5.57. The lowest BCUT2D eigenvalue weighted by Crippen LogP contribution is -2.63. The van der Waals surface area contributed by atoms with Gasteiger partial charge in [-0.25, -0.2) is 13.2 Å². The monoisotopic (exact) mass is 467 g/mol. The number of esters is 1. The van der Waals surface area contributed by atoms with Crippen LogP contribution in [0.25, 0.3) is 0 Å². The Bertz CT molecular complexity index is 833. The van der Waals surface area contributed by atoms with Crippen LogP contribution in [0.3, 0.4) is 0 Å². The van der Waals surface area contributed by atoms with Gasteiger partial charge in [0.2, 0.25) is 6.29 Å². The third-order valence-corrected chi connectivity index (χ3v) is 3.98. The number of benzene rings is 1. The van der Waals surface area contributed by atoms with E-state index in [1.807, 2.05) is 0 Å². The van der Waals surface area contributed by atoms with Gasteiger partial charge in [-0.15, -0.1) is 0 Å². The van der Waals surface area contributed by atoms with Crippen molar-refractivity contribution >= 4 is 16.1 Å². The van der Waals surface area contributed by atoms with Gasteiger partial charge in [-0.1, -0.05) is 6.58 Å². The van der Waals surface area contributed by atoms with Crippen molar-refractivity contribution in [2.24, 2.45) is 0 Å². The third-order valence-electron chi connectivity index (χ3n) is 3.22. The Morgan fingerprint density at radius 1 is 1.10 bits per heavy atom. The number of carbonyl (C=O) groups is 1. The van der Waals surface area contributed by atoms with Gasteiger partial charge in [0.15, 0.2) is 6.61 Å². The van der Waals surface area contributed by atoms with Gasteiger partial charge in [-0.05, 0) is 30.3 Å². The van der Waals surface area contributed by atoms with Gasteiger partial charge < -0.3 is 23.9 Å². The molecule has 1 N–H and O–H groups in total. The summed E-state index contributed by atoms with van der Waals surface area (Å²) in [5.74, 6) is -5.49. The fraction of sp³-hybridized carbons (Fsp3) is 0.400. The molecule has 30 heavy (non-hydrogen) atoms. The number of alkyl halides is 6. The topological polar surface area (TPSA) is 122 Å². The summed E-state index contributed by atoms with van der Waals surface area (Å²) < 4.78 is 123. The van der Waals surface area contributed by atoms with Crippen LogP contribution in [-0.4, -0.2) is 60.6 Å². The van der Waals surface area contributed by atoms with E-state index in [1.165, 1.54) is 12.1 Å². The van der Waals surface area contributed by atoms with Crippen LogP contribution in [0.1, 0.15) is 0 Å². The van der Waals surface area contributed by atoms with Crippen molar-refractivity contribution in [3.63, 3.8) is 0 Å². The SMILES string of the molecule is C=C[C@@H](O)Oc1ccc(OCC(=O)OC(CS(=O)(=O)[O-])(C(F)(F)F)C(F)(F)F)cc1. The summed E-state index contributed by atoms with van der Waals surface area (Å²) in [4.78, 5) is 11.5. The van der Waals surface area contributed by atoms with Crippen molar-refractivity contribution < 1.29 is 63.4 Å². The molecule has 0 unspecified atom stereocenters. The Balaban J connectivity index is 2.96. The lowest BCUT2D eigenvalue weighted by atomic mass is 10.1. The molecular formula is C15H13F6O8S-. The average molecular weight is 467 g/mol. The van der Waals surface area contributed by atoms with Gasteiger partial charge in [-0.2, -0.15) is 26.3 Å². The summed E-state index contributed by atoms with van der Waals surface area (Å²) in [6.45, 7) is 1.76. The molecule has 0 saturated carbocycles. The van der Waals surface area contributed by atoms with E-state index < -0.39 is 52.7 Å². The van der Waals surface area contributed by atoms with Gasteiger partial charge >= 0.3 is 23.9 Å². The summed E-state index contributed by atoms with van der Waals surface area (Å²) in [6.07, 6.45) is -13.3. The number of halogens is 6. The van der Waals surface area contributed by atoms with E-state index in [2.05, 4.69) is 16.1 Å². The van der Waals surface area contributed by atoms with Gasteiger partial charge in [0.05, 0.1) is 15.9 Å². The summed E-state index contributed by atoms with van der Waals surface area (Å²) in [6, 6.07) is 4.52. The first-order valence-electron chi connectivity index (χ1n) is 7.50. The molecule has 0 saturated heterocycles. The predicted octanol–water partition coefficient (Wildman–Crippen LogP) is 1.90. The standard InChI is InChI=1S/C15H14F6O8S/c1-2-11(22)28-10-5-3-9(4-6-10)27-7-12(23)29-13(14(16,17)18,15(19,20)21)8-30(24,25)26/h2-6,11,22H,1,7-8H2,(H,24,25,26)/p-1/t11-/m0/s1. The van der Waals surface area contributed by atoms with Crippen LogP contribution in [0.5, 0.6) is 11.5 Å². The normalized spacial score (nSPS) is 14.0. The average Bonchev–Trinajstić information content (AvgIpc) is 2.57. The Morgan fingerprint density at radius 3 is 1.97 bits per heavy atom. The smallest absolute Gasteiger partial charge is 0.438 e. The van der Waals surface area contributed by atoms with Crippen molar-refractivity contribution in [1.29, 1.82) is 0 Å². The predicted molar refractivity (Wildman–Crippen MR) is 84.3 cm³/mol. The molecule has 170 valence electrons. The van der Waals surface area contributed by atoms with Crippen LogP contribution in [0, 0.1) is 0 Å². The quantitative estimate of drug-likeness (QED) is 0.192. The molecule has 0 spiro atoms. The molecule has 0 amide bonds. The summed E-state index contributed by atoms with van der Waals surface area (Å²) >= 11 is 0. The molecule has 0 fully saturated rings. The molecular weight excluding hydrogens is 454 g/mol. The molecule has 0 bridgehead atoms. The number of aliphatic hydroxyl groups is 1. The number of hydrogen-bond acceptors (Lipinski definition) is 8. The fourth-order valence-corrected chi connectivity index (χ4v) is 2.77. The zero-order chi connectivity index (χ0) is 23.4. The van der Waals surface area contributed by atoms with E-state index in [0.717, 1.165) is 18.2 Å². The highest BCUT2D eigenvalue weighted by atomic mass is 32.2. The third kappa shape index (κ3) is 6.77. The highest BCUT2D eigenvalue weighted by Crippen LogP contribution is 2.46. The van der Waals surface area contributed by atoms with Crippen molar-refractivity contribution in [2.45, 2.75) is 24.2 Å². The minimum Gasteiger partial charge on any atom is -0.748 e. The lowest BCUT2D eigenvalue weighted by molar-refractivity contribution is -0.361. The van der Waals surface area contributed by atoms with Crippen molar-refractivity contribution in [3.8, 4) is 11.5 Å². The maximum absolute atomic E-state index is 13.0. The summed E-state index contributed by atoms with van der Waals surface area (Å²) in [5, 5.41) is 9.20.